The van der Waals surface area contributed by atoms with Crippen LogP contribution in [0.4, 0.5) is 17.2 Å². The van der Waals surface area contributed by atoms with Crippen molar-refractivity contribution in [1.29, 1.82) is 5.26 Å². The third-order valence-corrected chi connectivity index (χ3v) is 2.66. The first-order chi connectivity index (χ1) is 8.19. The lowest BCUT2D eigenvalue weighted by Crippen LogP contribution is -1.96. The molecule has 1 aromatic heterocycles. The van der Waals surface area contributed by atoms with E-state index >= 15 is 0 Å². The van der Waals surface area contributed by atoms with Gasteiger partial charge in [0.1, 0.15) is 11.9 Å². The first-order valence-electron chi connectivity index (χ1n) is 4.87. The minimum absolute atomic E-state index is 0.463. The highest BCUT2D eigenvalue weighted by atomic mass is 79.9. The first-order valence-corrected chi connectivity index (χ1v) is 5.66. The molecule has 0 saturated heterocycles. The summed E-state index contributed by atoms with van der Waals surface area (Å²) in [5.74, 6) is 0.463. The largest absolute Gasteiger partial charge is 0.384 e. The number of nitrogens with one attached hydrogen (secondary N) is 1. The van der Waals surface area contributed by atoms with Gasteiger partial charge in [-0.1, -0.05) is 15.9 Å². The van der Waals surface area contributed by atoms with Gasteiger partial charge in [-0.15, -0.1) is 0 Å². The molecule has 0 unspecified atom stereocenters. The molecular formula is C12H9BrN4. The van der Waals surface area contributed by atoms with Crippen LogP contribution in [0.3, 0.4) is 0 Å². The molecule has 0 aliphatic carbocycles. The van der Waals surface area contributed by atoms with E-state index in [-0.39, 0.29) is 0 Å². The van der Waals surface area contributed by atoms with Gasteiger partial charge in [-0.3, -0.25) is 0 Å². The number of nitriles is 1. The molecule has 0 bridgehead atoms. The van der Waals surface area contributed by atoms with Gasteiger partial charge in [0.25, 0.3) is 0 Å². The van der Waals surface area contributed by atoms with Crippen molar-refractivity contribution in [2.24, 2.45) is 0 Å². The molecule has 2 rings (SSSR count). The summed E-state index contributed by atoms with van der Waals surface area (Å²) in [4.78, 5) is 3.97. The first kappa shape index (κ1) is 11.4. The number of hydrogen-bond donors (Lipinski definition) is 2. The fourth-order valence-corrected chi connectivity index (χ4v) is 1.71. The zero-order chi connectivity index (χ0) is 12.3. The molecule has 0 aliphatic heterocycles. The van der Waals surface area contributed by atoms with Gasteiger partial charge in [-0.25, -0.2) is 4.98 Å². The van der Waals surface area contributed by atoms with E-state index in [4.69, 9.17) is 11.0 Å². The van der Waals surface area contributed by atoms with Gasteiger partial charge < -0.3 is 11.1 Å². The Morgan fingerprint density at radius 1 is 1.29 bits per heavy atom. The van der Waals surface area contributed by atoms with Gasteiger partial charge in [0.05, 0.1) is 23.1 Å². The number of benzene rings is 1. The number of nitrogens with zero attached hydrogens (tertiary/aromatic N) is 2. The molecule has 0 amide bonds. The van der Waals surface area contributed by atoms with Gasteiger partial charge in [-0.2, -0.15) is 5.26 Å². The predicted molar refractivity (Wildman–Crippen MR) is 70.8 cm³/mol. The highest BCUT2D eigenvalue weighted by molar-refractivity contribution is 9.10. The number of rotatable bonds is 2. The van der Waals surface area contributed by atoms with Gasteiger partial charge in [0.15, 0.2) is 0 Å². The molecule has 0 aliphatic rings. The smallest absolute Gasteiger partial charge is 0.123 e. The fraction of sp³-hybridized carbons (Fsp3) is 0. The Bertz CT molecular complexity index is 572. The third kappa shape index (κ3) is 2.74. The molecule has 0 atom stereocenters. The predicted octanol–water partition coefficient (Wildman–Crippen LogP) is 3.04. The van der Waals surface area contributed by atoms with Crippen molar-refractivity contribution in [3.05, 3.63) is 46.6 Å². The van der Waals surface area contributed by atoms with Crippen LogP contribution in [0.15, 0.2) is 41.0 Å². The molecule has 0 saturated carbocycles. The molecule has 17 heavy (non-hydrogen) atoms. The van der Waals surface area contributed by atoms with Gasteiger partial charge in [-0.05, 0) is 30.3 Å². The Balaban J connectivity index is 2.32. The fourth-order valence-electron chi connectivity index (χ4n) is 1.35. The number of aromatic nitrogens is 1. The molecule has 5 heteroatoms. The molecular weight excluding hydrogens is 280 g/mol. The normalized spacial score (nSPS) is 9.65. The van der Waals surface area contributed by atoms with E-state index < -0.39 is 0 Å². The van der Waals surface area contributed by atoms with E-state index in [1.807, 2.05) is 18.2 Å². The lowest BCUT2D eigenvalue weighted by Gasteiger charge is -2.08. The molecule has 0 spiro atoms. The third-order valence-electron chi connectivity index (χ3n) is 2.17. The lowest BCUT2D eigenvalue weighted by atomic mass is 10.2. The molecule has 0 radical (unpaired) electrons. The number of hydrogen-bond acceptors (Lipinski definition) is 4. The molecule has 0 fully saturated rings. The second-order valence-electron chi connectivity index (χ2n) is 3.40. The van der Waals surface area contributed by atoms with Gasteiger partial charge >= 0.3 is 0 Å². The molecule has 84 valence electrons. The topological polar surface area (TPSA) is 74.7 Å². The van der Waals surface area contributed by atoms with Crippen molar-refractivity contribution < 1.29 is 0 Å². The molecule has 3 N–H and O–H groups in total. The van der Waals surface area contributed by atoms with Crippen molar-refractivity contribution >= 4 is 33.1 Å². The zero-order valence-corrected chi connectivity index (χ0v) is 10.4. The van der Waals surface area contributed by atoms with Crippen LogP contribution >= 0.6 is 15.9 Å². The summed E-state index contributed by atoms with van der Waals surface area (Å²) >= 11 is 3.37. The van der Waals surface area contributed by atoms with Crippen LogP contribution in [-0.4, -0.2) is 4.98 Å². The highest BCUT2D eigenvalue weighted by Gasteiger charge is 2.03. The Morgan fingerprint density at radius 2 is 2.12 bits per heavy atom. The monoisotopic (exact) mass is 288 g/mol. The van der Waals surface area contributed by atoms with Crippen molar-refractivity contribution in [3.8, 4) is 6.07 Å². The number of nitrogens with two attached hydrogens (primary N) is 1. The van der Waals surface area contributed by atoms with Crippen LogP contribution in [0.25, 0.3) is 0 Å². The highest BCUT2D eigenvalue weighted by Crippen LogP contribution is 2.24. The Morgan fingerprint density at radius 3 is 2.76 bits per heavy atom. The van der Waals surface area contributed by atoms with E-state index in [9.17, 15) is 0 Å². The van der Waals surface area contributed by atoms with Crippen LogP contribution < -0.4 is 11.1 Å². The zero-order valence-electron chi connectivity index (χ0n) is 8.81. The molecule has 1 aromatic carbocycles. The maximum Gasteiger partial charge on any atom is 0.123 e. The summed E-state index contributed by atoms with van der Waals surface area (Å²) < 4.78 is 0.905. The Hall–Kier alpha value is -2.06. The summed E-state index contributed by atoms with van der Waals surface area (Å²) in [6, 6.07) is 11.1. The quantitative estimate of drug-likeness (QED) is 0.891. The summed E-state index contributed by atoms with van der Waals surface area (Å²) in [5, 5.41) is 12.1. The molecule has 1 heterocycles. The minimum atomic E-state index is 0.463. The average molecular weight is 289 g/mol. The number of anilines is 3. The van der Waals surface area contributed by atoms with Crippen molar-refractivity contribution in [3.63, 3.8) is 0 Å². The van der Waals surface area contributed by atoms with Crippen LogP contribution in [0.5, 0.6) is 0 Å². The Kier molecular flexibility index (Phi) is 3.26. The molecule has 4 nitrogen and oxygen atoms in total. The van der Waals surface area contributed by atoms with Gasteiger partial charge in [0, 0.05) is 4.47 Å². The maximum absolute atomic E-state index is 8.99. The number of nitrogen functional groups attached to an aromatic ring is 1. The van der Waals surface area contributed by atoms with Crippen LogP contribution in [0.1, 0.15) is 5.56 Å². The standard InChI is InChI=1S/C12H9BrN4/c13-9-2-1-8(6-14)11(5-9)17-10-3-4-12(15)16-7-10/h1-5,7,17H,(H2,15,16). The van der Waals surface area contributed by atoms with Crippen LogP contribution in [0.2, 0.25) is 0 Å². The second kappa shape index (κ2) is 4.85. The summed E-state index contributed by atoms with van der Waals surface area (Å²) in [6.07, 6.45) is 1.62. The van der Waals surface area contributed by atoms with Gasteiger partial charge in [0.2, 0.25) is 0 Å². The average Bonchev–Trinajstić information content (AvgIpc) is 2.32. The van der Waals surface area contributed by atoms with Crippen molar-refractivity contribution in [2.75, 3.05) is 11.1 Å². The minimum Gasteiger partial charge on any atom is -0.384 e. The summed E-state index contributed by atoms with van der Waals surface area (Å²) in [7, 11) is 0. The lowest BCUT2D eigenvalue weighted by molar-refractivity contribution is 1.33. The SMILES string of the molecule is N#Cc1ccc(Br)cc1Nc1ccc(N)nc1. The van der Waals surface area contributed by atoms with E-state index in [2.05, 4.69) is 32.3 Å². The van der Waals surface area contributed by atoms with E-state index in [0.29, 0.717) is 11.4 Å². The van der Waals surface area contributed by atoms with Crippen molar-refractivity contribution in [1.82, 2.24) is 4.98 Å². The summed E-state index contributed by atoms with van der Waals surface area (Å²) in [5.41, 5.74) is 7.59. The van der Waals surface area contributed by atoms with E-state index in [1.54, 1.807) is 18.3 Å². The van der Waals surface area contributed by atoms with Crippen molar-refractivity contribution in [2.45, 2.75) is 0 Å². The van der Waals surface area contributed by atoms with E-state index in [1.165, 1.54) is 0 Å². The summed E-state index contributed by atoms with van der Waals surface area (Å²) in [6.45, 7) is 0. The van der Waals surface area contributed by atoms with Crippen LogP contribution in [-0.2, 0) is 0 Å². The molecule has 2 aromatic rings. The number of pyridine rings is 1. The van der Waals surface area contributed by atoms with E-state index in [0.717, 1.165) is 15.8 Å². The van der Waals surface area contributed by atoms with Crippen LogP contribution in [0, 0.1) is 11.3 Å². The second-order valence-corrected chi connectivity index (χ2v) is 4.31. The maximum atomic E-state index is 8.99. The Labute approximate surface area is 107 Å². The number of halogens is 1.